The van der Waals surface area contributed by atoms with Gasteiger partial charge in [0.2, 0.25) is 0 Å². The van der Waals surface area contributed by atoms with Crippen molar-refractivity contribution in [3.05, 3.63) is 36.7 Å². The van der Waals surface area contributed by atoms with E-state index < -0.39 is 0 Å². The van der Waals surface area contributed by atoms with Gasteiger partial charge in [0.05, 0.1) is 12.4 Å². The molecule has 0 saturated carbocycles. The predicted molar refractivity (Wildman–Crippen MR) is 69.4 cm³/mol. The van der Waals surface area contributed by atoms with E-state index in [0.29, 0.717) is 32.6 Å². The Hall–Kier alpha value is -2.64. The molecule has 2 amide bonds. The van der Waals surface area contributed by atoms with E-state index in [1.165, 1.54) is 24.9 Å². The summed E-state index contributed by atoms with van der Waals surface area (Å²) in [7, 11) is 0. The quantitative estimate of drug-likeness (QED) is 0.806. The Kier molecular flexibility index (Phi) is 3.67. The lowest BCUT2D eigenvalue weighted by molar-refractivity contribution is 0.0679. The van der Waals surface area contributed by atoms with Gasteiger partial charge in [-0.25, -0.2) is 9.97 Å². The zero-order chi connectivity index (χ0) is 14.7. The highest BCUT2D eigenvalue weighted by molar-refractivity contribution is 5.90. The molecule has 0 radical (unpaired) electrons. The topological polar surface area (TPSA) is 92.7 Å². The number of rotatable bonds is 2. The fourth-order valence-corrected chi connectivity index (χ4v) is 2.25. The summed E-state index contributed by atoms with van der Waals surface area (Å²) in [5, 5.41) is 0. The summed E-state index contributed by atoms with van der Waals surface area (Å²) in [6.45, 7) is 1.95. The van der Waals surface area contributed by atoms with Crippen molar-refractivity contribution in [1.82, 2.24) is 19.8 Å². The summed E-state index contributed by atoms with van der Waals surface area (Å²) in [4.78, 5) is 35.3. The number of hydrogen-bond acceptors (Lipinski definition) is 6. The number of amides is 2. The lowest BCUT2D eigenvalue weighted by atomic mass is 10.3. The van der Waals surface area contributed by atoms with Gasteiger partial charge < -0.3 is 18.6 Å². The number of carbonyl (C=O) groups is 2. The maximum atomic E-state index is 12.2. The number of hydrogen-bond donors (Lipinski definition) is 0. The van der Waals surface area contributed by atoms with Crippen molar-refractivity contribution in [2.45, 2.75) is 6.42 Å². The van der Waals surface area contributed by atoms with Crippen LogP contribution in [0.3, 0.4) is 0 Å². The van der Waals surface area contributed by atoms with Crippen molar-refractivity contribution in [3.63, 3.8) is 0 Å². The molecule has 8 nitrogen and oxygen atoms in total. The van der Waals surface area contributed by atoms with Crippen LogP contribution in [-0.2, 0) is 0 Å². The molecule has 0 atom stereocenters. The van der Waals surface area contributed by atoms with E-state index in [4.69, 9.17) is 8.83 Å². The molecule has 110 valence electrons. The van der Waals surface area contributed by atoms with Crippen LogP contribution in [-0.4, -0.2) is 57.8 Å². The van der Waals surface area contributed by atoms with Crippen molar-refractivity contribution in [3.8, 4) is 0 Å². The van der Waals surface area contributed by atoms with Crippen LogP contribution in [0.15, 0.2) is 33.8 Å². The second-order valence-corrected chi connectivity index (χ2v) is 4.61. The minimum atomic E-state index is -0.259. The molecule has 0 unspecified atom stereocenters. The molecule has 2 aromatic heterocycles. The first-order chi connectivity index (χ1) is 10.3. The van der Waals surface area contributed by atoms with E-state index in [1.54, 1.807) is 9.80 Å². The predicted octanol–water partition coefficient (Wildman–Crippen LogP) is 0.651. The van der Waals surface area contributed by atoms with Crippen molar-refractivity contribution in [1.29, 1.82) is 0 Å². The van der Waals surface area contributed by atoms with E-state index in [1.807, 2.05) is 0 Å². The largest absolute Gasteiger partial charge is 0.441 e. The zero-order valence-electron chi connectivity index (χ0n) is 11.3. The Labute approximate surface area is 120 Å². The molecule has 0 aliphatic carbocycles. The normalized spacial score (nSPS) is 15.8. The van der Waals surface area contributed by atoms with E-state index in [9.17, 15) is 9.59 Å². The van der Waals surface area contributed by atoms with Crippen molar-refractivity contribution >= 4 is 11.8 Å². The van der Waals surface area contributed by atoms with Gasteiger partial charge in [-0.15, -0.1) is 0 Å². The lowest BCUT2D eigenvalue weighted by Crippen LogP contribution is -2.37. The van der Waals surface area contributed by atoms with Gasteiger partial charge in [-0.05, 0) is 6.42 Å². The summed E-state index contributed by atoms with van der Waals surface area (Å²) in [6.07, 6.45) is 6.28. The van der Waals surface area contributed by atoms with Crippen molar-refractivity contribution < 1.29 is 18.4 Å². The highest BCUT2D eigenvalue weighted by atomic mass is 16.4. The summed E-state index contributed by atoms with van der Waals surface area (Å²) >= 11 is 0. The first kappa shape index (κ1) is 13.3. The van der Waals surface area contributed by atoms with E-state index in [0.717, 1.165) is 0 Å². The Balaban J connectivity index is 1.64. The molecule has 3 rings (SSSR count). The fourth-order valence-electron chi connectivity index (χ4n) is 2.25. The van der Waals surface area contributed by atoms with E-state index in [-0.39, 0.29) is 23.6 Å². The maximum Gasteiger partial charge on any atom is 0.309 e. The molecule has 8 heteroatoms. The van der Waals surface area contributed by atoms with Gasteiger partial charge in [-0.2, -0.15) is 0 Å². The molecule has 2 aromatic rings. The molecule has 0 N–H and O–H groups in total. The molecule has 0 aromatic carbocycles. The number of nitrogens with zero attached hydrogens (tertiary/aromatic N) is 4. The van der Waals surface area contributed by atoms with Crippen molar-refractivity contribution in [2.75, 3.05) is 26.2 Å². The van der Waals surface area contributed by atoms with Crippen LogP contribution in [0.2, 0.25) is 0 Å². The van der Waals surface area contributed by atoms with Crippen LogP contribution in [0.1, 0.15) is 27.8 Å². The Bertz CT molecular complexity index is 554. The fraction of sp³-hybridized carbons (Fsp3) is 0.385. The first-order valence-corrected chi connectivity index (χ1v) is 6.63. The Morgan fingerprint density at radius 2 is 1.33 bits per heavy atom. The monoisotopic (exact) mass is 290 g/mol. The van der Waals surface area contributed by atoms with Crippen LogP contribution in [0.25, 0.3) is 0 Å². The molecule has 1 aliphatic heterocycles. The third-order valence-corrected chi connectivity index (χ3v) is 3.30. The molecular formula is C13H14N4O4. The van der Waals surface area contributed by atoms with Crippen molar-refractivity contribution in [2.24, 2.45) is 0 Å². The summed E-state index contributed by atoms with van der Waals surface area (Å²) in [6, 6.07) is 0. The average molecular weight is 290 g/mol. The summed E-state index contributed by atoms with van der Waals surface area (Å²) in [5.74, 6) is -0.374. The highest BCUT2D eigenvalue weighted by Crippen LogP contribution is 2.10. The maximum absolute atomic E-state index is 12.2. The molecule has 1 aliphatic rings. The van der Waals surface area contributed by atoms with Crippen LogP contribution in [0.4, 0.5) is 0 Å². The smallest absolute Gasteiger partial charge is 0.309 e. The van der Waals surface area contributed by atoms with E-state index >= 15 is 0 Å². The second-order valence-electron chi connectivity index (χ2n) is 4.61. The zero-order valence-corrected chi connectivity index (χ0v) is 11.3. The minimum Gasteiger partial charge on any atom is -0.441 e. The summed E-state index contributed by atoms with van der Waals surface area (Å²) < 4.78 is 10.0. The van der Waals surface area contributed by atoms with Gasteiger partial charge in [-0.3, -0.25) is 9.59 Å². The minimum absolute atomic E-state index is 0.0717. The standard InChI is InChI=1S/C13H14N4O4/c18-12(10-14-2-8-20-10)16-4-1-5-17(7-6-16)13(19)11-15-3-9-21-11/h2-3,8-9H,1,4-7H2. The highest BCUT2D eigenvalue weighted by Gasteiger charge is 2.26. The van der Waals surface area contributed by atoms with Crippen LogP contribution in [0, 0.1) is 0 Å². The Morgan fingerprint density at radius 3 is 1.71 bits per heavy atom. The van der Waals surface area contributed by atoms with Crippen LogP contribution >= 0.6 is 0 Å². The van der Waals surface area contributed by atoms with Crippen LogP contribution in [0.5, 0.6) is 0 Å². The number of oxazole rings is 2. The molecule has 3 heterocycles. The number of aromatic nitrogens is 2. The first-order valence-electron chi connectivity index (χ1n) is 6.63. The van der Waals surface area contributed by atoms with E-state index in [2.05, 4.69) is 9.97 Å². The molecule has 1 fully saturated rings. The third-order valence-electron chi connectivity index (χ3n) is 3.30. The molecule has 1 saturated heterocycles. The molecular weight excluding hydrogens is 276 g/mol. The third kappa shape index (κ3) is 2.78. The SMILES string of the molecule is O=C(c1ncco1)N1CCCN(C(=O)c2ncco2)CC1. The summed E-state index contributed by atoms with van der Waals surface area (Å²) in [5.41, 5.74) is 0. The average Bonchev–Trinajstić information content (AvgIpc) is 3.15. The van der Waals surface area contributed by atoms with Gasteiger partial charge in [-0.1, -0.05) is 0 Å². The molecule has 21 heavy (non-hydrogen) atoms. The van der Waals surface area contributed by atoms with Gasteiger partial charge in [0.15, 0.2) is 0 Å². The van der Waals surface area contributed by atoms with Gasteiger partial charge in [0.1, 0.15) is 12.5 Å². The van der Waals surface area contributed by atoms with Gasteiger partial charge in [0, 0.05) is 26.2 Å². The lowest BCUT2D eigenvalue weighted by Gasteiger charge is -2.20. The van der Waals surface area contributed by atoms with Gasteiger partial charge in [0.25, 0.3) is 11.8 Å². The molecule has 0 spiro atoms. The second kappa shape index (κ2) is 5.78. The van der Waals surface area contributed by atoms with Crippen LogP contribution < -0.4 is 0 Å². The number of carbonyl (C=O) groups excluding carboxylic acids is 2. The molecule has 0 bridgehead atoms. The van der Waals surface area contributed by atoms with Gasteiger partial charge >= 0.3 is 11.8 Å². The Morgan fingerprint density at radius 1 is 0.857 bits per heavy atom.